The van der Waals surface area contributed by atoms with Crippen LogP contribution in [0.25, 0.3) is 0 Å². The molecule has 10 heteroatoms. The summed E-state index contributed by atoms with van der Waals surface area (Å²) < 4.78 is 42.5. The molecule has 3 rings (SSSR count). The van der Waals surface area contributed by atoms with Crippen LogP contribution in [0.5, 0.6) is 0 Å². The van der Waals surface area contributed by atoms with Crippen LogP contribution in [0.1, 0.15) is 44.2 Å². The Labute approximate surface area is 241 Å². The summed E-state index contributed by atoms with van der Waals surface area (Å²) in [5.74, 6) is -1.61. The summed E-state index contributed by atoms with van der Waals surface area (Å²) in [6.07, 6.45) is 2.02. The SMILES string of the molecule is CCCCNC(=O)[C@H](CC)N(Cc1ccccc1C)C(=O)CN(c1ccc(F)c(Cl)c1)S(=O)(=O)c1ccccc1. The average molecular weight is 588 g/mol. The first-order chi connectivity index (χ1) is 19.1. The summed E-state index contributed by atoms with van der Waals surface area (Å²) in [5.41, 5.74) is 1.79. The van der Waals surface area contributed by atoms with E-state index in [1.54, 1.807) is 25.1 Å². The van der Waals surface area contributed by atoms with E-state index >= 15 is 0 Å². The lowest BCUT2D eigenvalue weighted by Gasteiger charge is -2.33. The van der Waals surface area contributed by atoms with Crippen LogP contribution in [0, 0.1) is 12.7 Å². The fourth-order valence-electron chi connectivity index (χ4n) is 4.29. The third-order valence-corrected chi connectivity index (χ3v) is 8.70. The van der Waals surface area contributed by atoms with Crippen LogP contribution in [0.4, 0.5) is 10.1 Å². The largest absolute Gasteiger partial charge is 0.354 e. The van der Waals surface area contributed by atoms with Gasteiger partial charge in [-0.05, 0) is 61.2 Å². The van der Waals surface area contributed by atoms with Crippen LogP contribution in [-0.4, -0.2) is 44.3 Å². The highest BCUT2D eigenvalue weighted by molar-refractivity contribution is 7.92. The number of anilines is 1. The molecule has 1 N–H and O–H groups in total. The number of benzene rings is 3. The summed E-state index contributed by atoms with van der Waals surface area (Å²) in [6, 6.07) is 17.8. The van der Waals surface area contributed by atoms with E-state index in [4.69, 9.17) is 11.6 Å². The van der Waals surface area contributed by atoms with Crippen molar-refractivity contribution in [2.24, 2.45) is 0 Å². The zero-order valence-corrected chi connectivity index (χ0v) is 24.5. The second kappa shape index (κ2) is 14.3. The Kier molecular flexibility index (Phi) is 11.1. The van der Waals surface area contributed by atoms with Crippen LogP contribution < -0.4 is 9.62 Å². The van der Waals surface area contributed by atoms with Crippen LogP contribution >= 0.6 is 11.6 Å². The van der Waals surface area contributed by atoms with Crippen molar-refractivity contribution in [1.29, 1.82) is 0 Å². The summed E-state index contributed by atoms with van der Waals surface area (Å²) in [6.45, 7) is 5.69. The van der Waals surface area contributed by atoms with Gasteiger partial charge < -0.3 is 10.2 Å². The molecular formula is C30H35ClFN3O4S. The molecular weight excluding hydrogens is 553 g/mol. The molecule has 0 fully saturated rings. The molecule has 3 aromatic rings. The topological polar surface area (TPSA) is 86.8 Å². The number of carbonyl (C=O) groups excluding carboxylic acids is 2. The van der Waals surface area contributed by atoms with Gasteiger partial charge >= 0.3 is 0 Å². The Hall–Kier alpha value is -3.43. The molecule has 3 aromatic carbocycles. The van der Waals surface area contributed by atoms with Crippen molar-refractivity contribution in [2.45, 2.75) is 57.5 Å². The van der Waals surface area contributed by atoms with Crippen molar-refractivity contribution in [3.05, 3.63) is 94.8 Å². The third kappa shape index (κ3) is 7.61. The molecule has 214 valence electrons. The monoisotopic (exact) mass is 587 g/mol. The fraction of sp³-hybridized carbons (Fsp3) is 0.333. The standard InChI is InChI=1S/C30H35ClFN3O4S/c1-4-6-18-33-30(37)28(5-2)34(20-23-13-11-10-12-22(23)3)29(36)21-35(24-16-17-27(32)26(31)19-24)40(38,39)25-14-8-7-9-15-25/h7-17,19,28H,4-6,18,20-21H2,1-3H3,(H,33,37)/t28-/m0/s1. The summed E-state index contributed by atoms with van der Waals surface area (Å²) >= 11 is 6.01. The van der Waals surface area contributed by atoms with Gasteiger partial charge in [-0.25, -0.2) is 12.8 Å². The molecule has 7 nitrogen and oxygen atoms in total. The van der Waals surface area contributed by atoms with Crippen molar-refractivity contribution < 1.29 is 22.4 Å². The van der Waals surface area contributed by atoms with Crippen molar-refractivity contribution >= 4 is 39.1 Å². The molecule has 0 spiro atoms. The number of nitrogens with one attached hydrogen (secondary N) is 1. The Morgan fingerprint density at radius 3 is 2.30 bits per heavy atom. The number of aryl methyl sites for hydroxylation is 1. The molecule has 0 unspecified atom stereocenters. The summed E-state index contributed by atoms with van der Waals surface area (Å²) in [4.78, 5) is 28.6. The van der Waals surface area contributed by atoms with Gasteiger partial charge in [-0.15, -0.1) is 0 Å². The lowest BCUT2D eigenvalue weighted by atomic mass is 10.1. The predicted octanol–water partition coefficient (Wildman–Crippen LogP) is 5.71. The minimum Gasteiger partial charge on any atom is -0.354 e. The number of unbranched alkanes of at least 4 members (excludes halogenated alkanes) is 1. The Morgan fingerprint density at radius 1 is 1.00 bits per heavy atom. The predicted molar refractivity (Wildman–Crippen MR) is 156 cm³/mol. The highest BCUT2D eigenvalue weighted by atomic mass is 35.5. The van der Waals surface area contributed by atoms with Gasteiger partial charge in [-0.3, -0.25) is 13.9 Å². The van der Waals surface area contributed by atoms with Crippen molar-refractivity contribution in [1.82, 2.24) is 10.2 Å². The smallest absolute Gasteiger partial charge is 0.264 e. The normalized spacial score (nSPS) is 12.0. The summed E-state index contributed by atoms with van der Waals surface area (Å²) in [7, 11) is -4.26. The van der Waals surface area contributed by atoms with E-state index in [1.165, 1.54) is 29.2 Å². The molecule has 0 saturated heterocycles. The van der Waals surface area contributed by atoms with Crippen LogP contribution in [0.15, 0.2) is 77.7 Å². The van der Waals surface area contributed by atoms with Gasteiger partial charge in [0.15, 0.2) is 0 Å². The molecule has 0 heterocycles. The van der Waals surface area contributed by atoms with Gasteiger partial charge in [0.2, 0.25) is 11.8 Å². The lowest BCUT2D eigenvalue weighted by Crippen LogP contribution is -2.52. The first kappa shape index (κ1) is 31.1. The third-order valence-electron chi connectivity index (χ3n) is 6.62. The van der Waals surface area contributed by atoms with Crippen LogP contribution in [0.2, 0.25) is 5.02 Å². The average Bonchev–Trinajstić information content (AvgIpc) is 2.94. The van der Waals surface area contributed by atoms with Gasteiger partial charge in [0, 0.05) is 13.1 Å². The minimum atomic E-state index is -4.26. The van der Waals surface area contributed by atoms with E-state index in [1.807, 2.05) is 38.1 Å². The zero-order chi connectivity index (χ0) is 29.3. The number of rotatable bonds is 13. The Bertz CT molecular complexity index is 1420. The van der Waals surface area contributed by atoms with Gasteiger partial charge in [-0.2, -0.15) is 0 Å². The number of hydrogen-bond donors (Lipinski definition) is 1. The number of nitrogens with zero attached hydrogens (tertiary/aromatic N) is 2. The number of hydrogen-bond acceptors (Lipinski definition) is 4. The van der Waals surface area contributed by atoms with Gasteiger partial charge in [-0.1, -0.05) is 74.3 Å². The fourth-order valence-corrected chi connectivity index (χ4v) is 5.89. The zero-order valence-electron chi connectivity index (χ0n) is 22.9. The van der Waals surface area contributed by atoms with Gasteiger partial charge in [0.25, 0.3) is 10.0 Å². The first-order valence-electron chi connectivity index (χ1n) is 13.2. The maximum Gasteiger partial charge on any atom is 0.264 e. The summed E-state index contributed by atoms with van der Waals surface area (Å²) in [5, 5.41) is 2.62. The maximum absolute atomic E-state index is 14.0. The quantitative estimate of drug-likeness (QED) is 0.260. The van der Waals surface area contributed by atoms with E-state index < -0.39 is 34.3 Å². The minimum absolute atomic E-state index is 0.0277. The maximum atomic E-state index is 14.0. The molecule has 40 heavy (non-hydrogen) atoms. The number of halogens is 2. The molecule has 2 amide bonds. The second-order valence-electron chi connectivity index (χ2n) is 9.44. The first-order valence-corrected chi connectivity index (χ1v) is 15.1. The van der Waals surface area contributed by atoms with E-state index in [0.29, 0.717) is 13.0 Å². The Balaban J connectivity index is 2.06. The Morgan fingerprint density at radius 2 is 1.68 bits per heavy atom. The van der Waals surface area contributed by atoms with Crippen LogP contribution in [-0.2, 0) is 26.2 Å². The molecule has 1 atom stereocenters. The second-order valence-corrected chi connectivity index (χ2v) is 11.7. The van der Waals surface area contributed by atoms with E-state index in [2.05, 4.69) is 5.32 Å². The van der Waals surface area contributed by atoms with E-state index in [0.717, 1.165) is 34.3 Å². The van der Waals surface area contributed by atoms with E-state index in [-0.39, 0.29) is 28.1 Å². The molecule has 0 aliphatic rings. The molecule has 0 aromatic heterocycles. The van der Waals surface area contributed by atoms with Crippen molar-refractivity contribution in [2.75, 3.05) is 17.4 Å². The number of carbonyl (C=O) groups is 2. The molecule has 0 radical (unpaired) electrons. The molecule has 0 saturated carbocycles. The molecule has 0 bridgehead atoms. The van der Waals surface area contributed by atoms with Crippen LogP contribution in [0.3, 0.4) is 0 Å². The molecule has 0 aliphatic carbocycles. The lowest BCUT2D eigenvalue weighted by molar-refractivity contribution is -0.140. The van der Waals surface area contributed by atoms with Gasteiger partial charge in [0.05, 0.1) is 15.6 Å². The van der Waals surface area contributed by atoms with Crippen molar-refractivity contribution in [3.63, 3.8) is 0 Å². The van der Waals surface area contributed by atoms with Crippen molar-refractivity contribution in [3.8, 4) is 0 Å². The highest BCUT2D eigenvalue weighted by Gasteiger charge is 2.34. The van der Waals surface area contributed by atoms with Gasteiger partial charge in [0.1, 0.15) is 18.4 Å². The van der Waals surface area contributed by atoms with E-state index in [9.17, 15) is 22.4 Å². The highest BCUT2D eigenvalue weighted by Crippen LogP contribution is 2.28. The number of sulfonamides is 1. The number of amides is 2. The molecule has 0 aliphatic heterocycles.